The third kappa shape index (κ3) is 3.79. The Bertz CT molecular complexity index is 474. The molecule has 0 spiro atoms. The van der Waals surface area contributed by atoms with Gasteiger partial charge in [0.15, 0.2) is 0 Å². The molecule has 1 unspecified atom stereocenters. The van der Waals surface area contributed by atoms with Crippen molar-refractivity contribution in [3.63, 3.8) is 0 Å². The normalized spacial score (nSPS) is 13.2. The summed E-state index contributed by atoms with van der Waals surface area (Å²) in [5.74, 6) is -0.461. The van der Waals surface area contributed by atoms with Gasteiger partial charge in [-0.05, 0) is 57.7 Å². The fraction of sp³-hybridized carbons (Fsp3) is 0.562. The first-order chi connectivity index (χ1) is 9.19. The third-order valence-corrected chi connectivity index (χ3v) is 3.45. The van der Waals surface area contributed by atoms with Crippen LogP contribution in [0.15, 0.2) is 12.1 Å². The van der Waals surface area contributed by atoms with Crippen molar-refractivity contribution in [3.05, 3.63) is 34.6 Å². The van der Waals surface area contributed by atoms with E-state index in [0.717, 1.165) is 5.56 Å². The number of benzene rings is 1. The molecule has 0 heterocycles. The standard InChI is InChI=1S/C16H24FNO2/c1-6-20-15(19)16(4,5)9-13(18)12-7-10(2)14(17)11(3)8-12/h7-8,13H,6,9,18H2,1-5H3. The number of rotatable bonds is 5. The molecule has 0 bridgehead atoms. The smallest absolute Gasteiger partial charge is 0.311 e. The Morgan fingerprint density at radius 1 is 1.35 bits per heavy atom. The summed E-state index contributed by atoms with van der Waals surface area (Å²) < 4.78 is 18.7. The van der Waals surface area contributed by atoms with E-state index < -0.39 is 5.41 Å². The van der Waals surface area contributed by atoms with Gasteiger partial charge in [-0.15, -0.1) is 0 Å². The van der Waals surface area contributed by atoms with Crippen LogP contribution in [0.5, 0.6) is 0 Å². The third-order valence-electron chi connectivity index (χ3n) is 3.45. The molecule has 112 valence electrons. The van der Waals surface area contributed by atoms with Crippen LogP contribution < -0.4 is 5.73 Å². The molecule has 4 heteroatoms. The lowest BCUT2D eigenvalue weighted by Gasteiger charge is -2.26. The average molecular weight is 281 g/mol. The van der Waals surface area contributed by atoms with Crippen LogP contribution in [0.3, 0.4) is 0 Å². The van der Waals surface area contributed by atoms with Crippen LogP contribution in [0, 0.1) is 25.1 Å². The van der Waals surface area contributed by atoms with Gasteiger partial charge in [0.1, 0.15) is 5.82 Å². The van der Waals surface area contributed by atoms with E-state index >= 15 is 0 Å². The van der Waals surface area contributed by atoms with Gasteiger partial charge in [-0.25, -0.2) is 4.39 Å². The minimum absolute atomic E-state index is 0.203. The number of hydrogen-bond donors (Lipinski definition) is 1. The van der Waals surface area contributed by atoms with Crippen LogP contribution in [-0.4, -0.2) is 12.6 Å². The second kappa shape index (κ2) is 6.35. The van der Waals surface area contributed by atoms with E-state index in [4.69, 9.17) is 10.5 Å². The predicted octanol–water partition coefficient (Wildman–Crippen LogP) is 3.42. The molecule has 0 amide bonds. The average Bonchev–Trinajstić information content (AvgIpc) is 2.35. The zero-order chi connectivity index (χ0) is 15.5. The van der Waals surface area contributed by atoms with E-state index in [9.17, 15) is 9.18 Å². The Morgan fingerprint density at radius 3 is 2.30 bits per heavy atom. The molecule has 0 aromatic heterocycles. The van der Waals surface area contributed by atoms with Crippen molar-refractivity contribution < 1.29 is 13.9 Å². The van der Waals surface area contributed by atoms with Gasteiger partial charge in [0, 0.05) is 6.04 Å². The largest absolute Gasteiger partial charge is 0.466 e. The maximum absolute atomic E-state index is 13.6. The van der Waals surface area contributed by atoms with Crippen LogP contribution in [0.4, 0.5) is 4.39 Å². The number of esters is 1. The van der Waals surface area contributed by atoms with Crippen LogP contribution in [0.2, 0.25) is 0 Å². The van der Waals surface area contributed by atoms with E-state index in [2.05, 4.69) is 0 Å². The first-order valence-electron chi connectivity index (χ1n) is 6.88. The Labute approximate surface area is 120 Å². The van der Waals surface area contributed by atoms with Gasteiger partial charge in [0.25, 0.3) is 0 Å². The summed E-state index contributed by atoms with van der Waals surface area (Å²) in [4.78, 5) is 11.9. The van der Waals surface area contributed by atoms with E-state index in [1.54, 1.807) is 32.9 Å². The quantitative estimate of drug-likeness (QED) is 0.841. The number of ether oxygens (including phenoxy) is 1. The minimum Gasteiger partial charge on any atom is -0.466 e. The van der Waals surface area contributed by atoms with Crippen LogP contribution in [-0.2, 0) is 9.53 Å². The monoisotopic (exact) mass is 281 g/mol. The molecule has 0 saturated carbocycles. The number of aryl methyl sites for hydroxylation is 2. The maximum atomic E-state index is 13.6. The molecular weight excluding hydrogens is 257 g/mol. The highest BCUT2D eigenvalue weighted by molar-refractivity contribution is 5.76. The highest BCUT2D eigenvalue weighted by Gasteiger charge is 2.31. The first-order valence-corrected chi connectivity index (χ1v) is 6.88. The molecule has 0 radical (unpaired) electrons. The lowest BCUT2D eigenvalue weighted by Crippen LogP contribution is -2.31. The highest BCUT2D eigenvalue weighted by Crippen LogP contribution is 2.31. The number of hydrogen-bond acceptors (Lipinski definition) is 3. The lowest BCUT2D eigenvalue weighted by molar-refractivity contribution is -0.154. The summed E-state index contributed by atoms with van der Waals surface area (Å²) in [5, 5.41) is 0. The summed E-state index contributed by atoms with van der Waals surface area (Å²) in [6.45, 7) is 9.19. The number of carbonyl (C=O) groups excluding carboxylic acids is 1. The van der Waals surface area contributed by atoms with E-state index in [1.165, 1.54) is 0 Å². The van der Waals surface area contributed by atoms with Crippen LogP contribution in [0.25, 0.3) is 0 Å². The highest BCUT2D eigenvalue weighted by atomic mass is 19.1. The molecule has 1 aromatic rings. The van der Waals surface area contributed by atoms with Crippen molar-refractivity contribution in [2.45, 2.75) is 47.1 Å². The predicted molar refractivity (Wildman–Crippen MR) is 77.8 cm³/mol. The van der Waals surface area contributed by atoms with Crippen molar-refractivity contribution >= 4 is 5.97 Å². The summed E-state index contributed by atoms with van der Waals surface area (Å²) in [7, 11) is 0. The second-order valence-corrected chi connectivity index (χ2v) is 5.88. The van der Waals surface area contributed by atoms with Crippen molar-refractivity contribution in [1.82, 2.24) is 0 Å². The van der Waals surface area contributed by atoms with Gasteiger partial charge in [-0.3, -0.25) is 4.79 Å². The van der Waals surface area contributed by atoms with Gasteiger partial charge in [-0.1, -0.05) is 12.1 Å². The van der Waals surface area contributed by atoms with Crippen molar-refractivity contribution in [1.29, 1.82) is 0 Å². The molecule has 1 aromatic carbocycles. The SMILES string of the molecule is CCOC(=O)C(C)(C)CC(N)c1cc(C)c(F)c(C)c1. The zero-order valence-electron chi connectivity index (χ0n) is 12.9. The fourth-order valence-corrected chi connectivity index (χ4v) is 2.27. The second-order valence-electron chi connectivity index (χ2n) is 5.88. The molecule has 0 aliphatic carbocycles. The van der Waals surface area contributed by atoms with Crippen molar-refractivity contribution in [2.75, 3.05) is 6.61 Å². The summed E-state index contributed by atoms with van der Waals surface area (Å²) in [6.07, 6.45) is 0.455. The van der Waals surface area contributed by atoms with Gasteiger partial charge in [-0.2, -0.15) is 0 Å². The van der Waals surface area contributed by atoms with Gasteiger partial charge >= 0.3 is 5.97 Å². The Kier molecular flexibility index (Phi) is 5.28. The molecule has 3 nitrogen and oxygen atoms in total. The van der Waals surface area contributed by atoms with E-state index in [-0.39, 0.29) is 17.8 Å². The molecular formula is C16H24FNO2. The van der Waals surface area contributed by atoms with E-state index in [0.29, 0.717) is 24.2 Å². The lowest BCUT2D eigenvalue weighted by atomic mass is 9.83. The van der Waals surface area contributed by atoms with Crippen LogP contribution in [0.1, 0.15) is 49.9 Å². The number of nitrogens with two attached hydrogens (primary N) is 1. The number of halogens is 1. The summed E-state index contributed by atoms with van der Waals surface area (Å²) in [5.41, 5.74) is 7.50. The Morgan fingerprint density at radius 2 is 1.85 bits per heavy atom. The molecule has 2 N–H and O–H groups in total. The molecule has 0 aliphatic heterocycles. The molecule has 0 fully saturated rings. The Balaban J connectivity index is 2.91. The molecule has 1 rings (SSSR count). The van der Waals surface area contributed by atoms with E-state index in [1.807, 2.05) is 13.8 Å². The summed E-state index contributed by atoms with van der Waals surface area (Å²) >= 11 is 0. The van der Waals surface area contributed by atoms with Crippen molar-refractivity contribution in [2.24, 2.45) is 11.1 Å². The fourth-order valence-electron chi connectivity index (χ4n) is 2.27. The van der Waals surface area contributed by atoms with Crippen LogP contribution >= 0.6 is 0 Å². The summed E-state index contributed by atoms with van der Waals surface area (Å²) in [6, 6.07) is 3.16. The Hall–Kier alpha value is -1.42. The zero-order valence-corrected chi connectivity index (χ0v) is 12.9. The van der Waals surface area contributed by atoms with Gasteiger partial charge in [0.05, 0.1) is 12.0 Å². The molecule has 1 atom stereocenters. The molecule has 0 aliphatic rings. The topological polar surface area (TPSA) is 52.3 Å². The first kappa shape index (κ1) is 16.6. The van der Waals surface area contributed by atoms with Crippen molar-refractivity contribution in [3.8, 4) is 0 Å². The maximum Gasteiger partial charge on any atom is 0.311 e. The molecule has 0 saturated heterocycles. The van der Waals surface area contributed by atoms with Gasteiger partial charge < -0.3 is 10.5 Å². The van der Waals surface area contributed by atoms with Gasteiger partial charge in [0.2, 0.25) is 0 Å². The molecule has 20 heavy (non-hydrogen) atoms. The minimum atomic E-state index is -0.661. The number of carbonyl (C=O) groups is 1.